The highest BCUT2D eigenvalue weighted by atomic mass is 32.2. The first kappa shape index (κ1) is 21.6. The minimum atomic E-state index is -3.79. The van der Waals surface area contributed by atoms with Gasteiger partial charge in [0.05, 0.1) is 10.4 Å². The lowest BCUT2D eigenvalue weighted by Crippen LogP contribution is -2.12. The van der Waals surface area contributed by atoms with Gasteiger partial charge in [0.15, 0.2) is 0 Å². The van der Waals surface area contributed by atoms with E-state index >= 15 is 0 Å². The van der Waals surface area contributed by atoms with E-state index in [1.165, 1.54) is 9.36 Å². The molecule has 35 heavy (non-hydrogen) atoms. The summed E-state index contributed by atoms with van der Waals surface area (Å²) >= 11 is 0. The molecule has 0 amide bonds. The Labute approximate surface area is 204 Å². The van der Waals surface area contributed by atoms with Crippen molar-refractivity contribution in [3.05, 3.63) is 115 Å². The molecule has 172 valence electrons. The van der Waals surface area contributed by atoms with Crippen molar-refractivity contribution in [3.8, 4) is 11.1 Å². The van der Waals surface area contributed by atoms with Gasteiger partial charge in [0.25, 0.3) is 10.0 Å². The van der Waals surface area contributed by atoms with Gasteiger partial charge >= 0.3 is 0 Å². The second kappa shape index (κ2) is 8.38. The van der Waals surface area contributed by atoms with Gasteiger partial charge in [0.2, 0.25) is 0 Å². The fourth-order valence-electron chi connectivity index (χ4n) is 4.91. The van der Waals surface area contributed by atoms with E-state index in [1.807, 2.05) is 54.6 Å². The third kappa shape index (κ3) is 3.60. The number of rotatable bonds is 5. The van der Waals surface area contributed by atoms with Crippen LogP contribution in [0.4, 0.5) is 0 Å². The van der Waals surface area contributed by atoms with Crippen LogP contribution in [-0.2, 0) is 16.4 Å². The average molecular weight is 477 g/mol. The lowest BCUT2D eigenvalue weighted by atomic mass is 9.96. The highest BCUT2D eigenvalue weighted by molar-refractivity contribution is 7.90. The van der Waals surface area contributed by atoms with E-state index in [4.69, 9.17) is 5.73 Å². The van der Waals surface area contributed by atoms with Crippen molar-refractivity contribution < 1.29 is 8.42 Å². The zero-order chi connectivity index (χ0) is 24.0. The van der Waals surface area contributed by atoms with Crippen LogP contribution in [0.25, 0.3) is 43.6 Å². The molecule has 2 N–H and O–H groups in total. The molecule has 0 unspecified atom stereocenters. The molecule has 0 saturated heterocycles. The van der Waals surface area contributed by atoms with Crippen LogP contribution in [0.1, 0.15) is 5.56 Å². The first-order valence-corrected chi connectivity index (χ1v) is 13.1. The predicted molar refractivity (Wildman–Crippen MR) is 144 cm³/mol. The Balaban J connectivity index is 1.54. The summed E-state index contributed by atoms with van der Waals surface area (Å²) in [6.45, 7) is 0.438. The van der Waals surface area contributed by atoms with Crippen molar-refractivity contribution in [2.24, 2.45) is 5.73 Å². The molecule has 0 spiro atoms. The van der Waals surface area contributed by atoms with E-state index in [0.717, 1.165) is 38.2 Å². The van der Waals surface area contributed by atoms with Gasteiger partial charge in [-0.15, -0.1) is 0 Å². The molecular formula is C30H24N2O2S. The van der Waals surface area contributed by atoms with Crippen LogP contribution in [0.2, 0.25) is 0 Å². The smallest absolute Gasteiger partial charge is 0.268 e. The van der Waals surface area contributed by atoms with Gasteiger partial charge in [-0.1, -0.05) is 78.9 Å². The Morgan fingerprint density at radius 3 is 2.26 bits per heavy atom. The Morgan fingerprint density at radius 2 is 1.43 bits per heavy atom. The molecule has 0 aliphatic heterocycles. The van der Waals surface area contributed by atoms with E-state index in [0.29, 0.717) is 18.5 Å². The van der Waals surface area contributed by atoms with Gasteiger partial charge in [0, 0.05) is 11.6 Å². The predicted octanol–water partition coefficient (Wildman–Crippen LogP) is 6.35. The molecule has 5 aromatic carbocycles. The SMILES string of the molecule is NCCc1cn(S(=O)(=O)c2ccc3ccccc3c2)c2ccc(-c3cccc4ccccc34)cc12. The zero-order valence-corrected chi connectivity index (χ0v) is 19.9. The normalized spacial score (nSPS) is 12.0. The van der Waals surface area contributed by atoms with Crippen molar-refractivity contribution in [2.75, 3.05) is 6.54 Å². The Bertz CT molecular complexity index is 1830. The summed E-state index contributed by atoms with van der Waals surface area (Å²) in [7, 11) is -3.79. The Hall–Kier alpha value is -3.93. The van der Waals surface area contributed by atoms with Gasteiger partial charge in [-0.25, -0.2) is 12.4 Å². The van der Waals surface area contributed by atoms with Crippen molar-refractivity contribution in [2.45, 2.75) is 11.3 Å². The first-order valence-electron chi connectivity index (χ1n) is 11.6. The van der Waals surface area contributed by atoms with E-state index in [2.05, 4.69) is 36.4 Å². The van der Waals surface area contributed by atoms with Gasteiger partial charge < -0.3 is 5.73 Å². The number of hydrogen-bond acceptors (Lipinski definition) is 3. The topological polar surface area (TPSA) is 65.1 Å². The highest BCUT2D eigenvalue weighted by Gasteiger charge is 2.22. The monoisotopic (exact) mass is 476 g/mol. The summed E-state index contributed by atoms with van der Waals surface area (Å²) in [5.74, 6) is 0. The Kier molecular flexibility index (Phi) is 5.17. The lowest BCUT2D eigenvalue weighted by Gasteiger charge is -2.10. The van der Waals surface area contributed by atoms with Gasteiger partial charge in [-0.2, -0.15) is 0 Å². The van der Waals surface area contributed by atoms with Crippen molar-refractivity contribution >= 4 is 42.5 Å². The second-order valence-electron chi connectivity index (χ2n) is 8.76. The number of hydrogen-bond donors (Lipinski definition) is 1. The number of nitrogens with zero attached hydrogens (tertiary/aromatic N) is 1. The molecule has 0 bridgehead atoms. The number of aromatic nitrogens is 1. The summed E-state index contributed by atoms with van der Waals surface area (Å²) in [5, 5.41) is 5.14. The van der Waals surface area contributed by atoms with Crippen molar-refractivity contribution in [1.82, 2.24) is 3.97 Å². The quantitative estimate of drug-likeness (QED) is 0.315. The fraction of sp³-hybridized carbons (Fsp3) is 0.0667. The maximum absolute atomic E-state index is 13.8. The summed E-state index contributed by atoms with van der Waals surface area (Å²) in [5.41, 5.74) is 9.66. The fourth-order valence-corrected chi connectivity index (χ4v) is 6.33. The van der Waals surface area contributed by atoms with E-state index in [1.54, 1.807) is 18.3 Å². The zero-order valence-electron chi connectivity index (χ0n) is 19.1. The molecule has 5 heteroatoms. The third-order valence-corrected chi connectivity index (χ3v) is 8.31. The molecule has 0 aliphatic rings. The lowest BCUT2D eigenvalue weighted by molar-refractivity contribution is 0.589. The summed E-state index contributed by atoms with van der Waals surface area (Å²) in [6.07, 6.45) is 2.32. The molecule has 1 heterocycles. The number of fused-ring (bicyclic) bond motifs is 3. The van der Waals surface area contributed by atoms with Gasteiger partial charge in [-0.3, -0.25) is 0 Å². The van der Waals surface area contributed by atoms with E-state index in [9.17, 15) is 8.42 Å². The highest BCUT2D eigenvalue weighted by Crippen LogP contribution is 2.34. The maximum Gasteiger partial charge on any atom is 0.268 e. The Morgan fingerprint density at radius 1 is 0.686 bits per heavy atom. The van der Waals surface area contributed by atoms with E-state index in [-0.39, 0.29) is 4.90 Å². The second-order valence-corrected chi connectivity index (χ2v) is 10.6. The average Bonchev–Trinajstić information content (AvgIpc) is 3.27. The molecule has 0 aliphatic carbocycles. The summed E-state index contributed by atoms with van der Waals surface area (Å²) in [6, 6.07) is 33.6. The summed E-state index contributed by atoms with van der Waals surface area (Å²) in [4.78, 5) is 0.269. The van der Waals surface area contributed by atoms with E-state index < -0.39 is 10.0 Å². The van der Waals surface area contributed by atoms with Crippen LogP contribution in [0.3, 0.4) is 0 Å². The van der Waals surface area contributed by atoms with Crippen LogP contribution in [-0.4, -0.2) is 18.9 Å². The molecule has 6 aromatic rings. The van der Waals surface area contributed by atoms with Crippen LogP contribution in [0.5, 0.6) is 0 Å². The van der Waals surface area contributed by atoms with Crippen molar-refractivity contribution in [3.63, 3.8) is 0 Å². The van der Waals surface area contributed by atoms with Gasteiger partial charge in [-0.05, 0) is 75.5 Å². The minimum absolute atomic E-state index is 0.269. The van der Waals surface area contributed by atoms with Crippen LogP contribution in [0, 0.1) is 0 Å². The van der Waals surface area contributed by atoms with Crippen LogP contribution < -0.4 is 5.73 Å². The molecule has 0 fully saturated rings. The first-order chi connectivity index (χ1) is 17.1. The van der Waals surface area contributed by atoms with Gasteiger partial charge in [0.1, 0.15) is 0 Å². The third-order valence-electron chi connectivity index (χ3n) is 6.65. The molecule has 0 saturated carbocycles. The largest absolute Gasteiger partial charge is 0.330 e. The number of nitrogens with two attached hydrogens (primary N) is 1. The molecule has 6 rings (SSSR count). The molecule has 0 radical (unpaired) electrons. The standard InChI is InChI=1S/C30H24N2O2S/c31-17-16-25-20-32(35(33,34)26-14-12-21-6-1-2-8-23(21)18-26)30-15-13-24(19-29(25)30)28-11-5-9-22-7-3-4-10-27(22)28/h1-15,18-20H,16-17,31H2. The minimum Gasteiger partial charge on any atom is -0.330 e. The molecule has 4 nitrogen and oxygen atoms in total. The molecular weight excluding hydrogens is 452 g/mol. The molecule has 0 atom stereocenters. The van der Waals surface area contributed by atoms with Crippen LogP contribution >= 0.6 is 0 Å². The summed E-state index contributed by atoms with van der Waals surface area (Å²) < 4.78 is 28.9. The van der Waals surface area contributed by atoms with Crippen molar-refractivity contribution in [1.29, 1.82) is 0 Å². The number of benzene rings is 5. The van der Waals surface area contributed by atoms with Crippen LogP contribution in [0.15, 0.2) is 114 Å². The maximum atomic E-state index is 13.8. The molecule has 1 aromatic heterocycles.